The van der Waals surface area contributed by atoms with Gasteiger partial charge in [-0.3, -0.25) is 9.59 Å². The second kappa shape index (κ2) is 3.24. The van der Waals surface area contributed by atoms with Gasteiger partial charge < -0.3 is 15.3 Å². The molecule has 98 valence electrons. The van der Waals surface area contributed by atoms with Crippen LogP contribution in [0.15, 0.2) is 17.7 Å². The number of carbonyl (C=O) groups is 2. The molecule has 0 amide bonds. The molecule has 0 saturated carbocycles. The minimum absolute atomic E-state index is 0.168. The zero-order chi connectivity index (χ0) is 14.1. The molecule has 3 N–H and O–H groups in total. The number of fused-ring (bicyclic) bond motifs is 5. The number of allylic oxidation sites excluding steroid dienone is 1. The van der Waals surface area contributed by atoms with Crippen molar-refractivity contribution in [2.45, 2.75) is 25.4 Å². The second-order valence-electron chi connectivity index (χ2n) is 5.11. The summed E-state index contributed by atoms with van der Waals surface area (Å²) in [5.41, 5.74) is -1.03. The number of phenols is 2. The standard InChI is InChI=1S/C14H12O5/c1-5-3-7(15)12(17)11-9(5)10-6(2)4-8(16)14(11,19)13(10)18/h3-4,10,15,17,19H,1-2H3. The molecule has 2 aliphatic carbocycles. The van der Waals surface area contributed by atoms with Crippen LogP contribution in [0.1, 0.15) is 29.5 Å². The van der Waals surface area contributed by atoms with E-state index < -0.39 is 34.6 Å². The number of phenolic OH excluding ortho intramolecular Hbond substituents is 2. The van der Waals surface area contributed by atoms with Crippen LogP contribution in [-0.4, -0.2) is 26.9 Å². The van der Waals surface area contributed by atoms with Crippen LogP contribution < -0.4 is 0 Å². The topological polar surface area (TPSA) is 94.8 Å². The predicted molar refractivity (Wildman–Crippen MR) is 64.9 cm³/mol. The van der Waals surface area contributed by atoms with E-state index in [9.17, 15) is 24.9 Å². The summed E-state index contributed by atoms with van der Waals surface area (Å²) in [5.74, 6) is -3.21. The molecule has 0 saturated heterocycles. The number of hydrogen-bond acceptors (Lipinski definition) is 5. The lowest BCUT2D eigenvalue weighted by Gasteiger charge is -2.24. The highest BCUT2D eigenvalue weighted by Gasteiger charge is 2.60. The monoisotopic (exact) mass is 260 g/mol. The summed E-state index contributed by atoms with van der Waals surface area (Å²) in [4.78, 5) is 24.3. The first-order valence-electron chi connectivity index (χ1n) is 5.85. The molecular weight excluding hydrogens is 248 g/mol. The minimum atomic E-state index is -2.37. The largest absolute Gasteiger partial charge is 0.504 e. The van der Waals surface area contributed by atoms with Gasteiger partial charge in [-0.25, -0.2) is 0 Å². The van der Waals surface area contributed by atoms with E-state index in [1.807, 2.05) is 0 Å². The average Bonchev–Trinajstić information content (AvgIpc) is 2.52. The van der Waals surface area contributed by atoms with Crippen molar-refractivity contribution in [1.82, 2.24) is 0 Å². The lowest BCUT2D eigenvalue weighted by atomic mass is 9.81. The maximum atomic E-state index is 12.3. The molecule has 19 heavy (non-hydrogen) atoms. The number of benzene rings is 1. The number of aryl methyl sites for hydroxylation is 1. The van der Waals surface area contributed by atoms with Crippen molar-refractivity contribution in [1.29, 1.82) is 0 Å². The molecule has 0 heterocycles. The number of hydrogen-bond donors (Lipinski definition) is 3. The molecule has 1 aromatic rings. The lowest BCUT2D eigenvalue weighted by molar-refractivity contribution is -0.148. The van der Waals surface area contributed by atoms with Crippen LogP contribution in [-0.2, 0) is 15.2 Å². The summed E-state index contributed by atoms with van der Waals surface area (Å²) in [6, 6.07) is 1.32. The van der Waals surface area contributed by atoms with E-state index >= 15 is 0 Å². The van der Waals surface area contributed by atoms with Gasteiger partial charge in [-0.15, -0.1) is 0 Å². The third-order valence-corrected chi connectivity index (χ3v) is 3.97. The Hall–Kier alpha value is -2.14. The van der Waals surface area contributed by atoms with Gasteiger partial charge in [0, 0.05) is 5.56 Å². The number of Topliss-reactive ketones (excluding diaryl/α,β-unsaturated/α-hetero) is 1. The van der Waals surface area contributed by atoms with E-state index in [1.165, 1.54) is 12.1 Å². The molecule has 1 aromatic carbocycles. The Morgan fingerprint density at radius 3 is 2.47 bits per heavy atom. The third-order valence-electron chi connectivity index (χ3n) is 3.97. The van der Waals surface area contributed by atoms with Crippen molar-refractivity contribution in [3.63, 3.8) is 0 Å². The Balaban J connectivity index is 2.50. The van der Waals surface area contributed by atoms with Crippen LogP contribution in [0.4, 0.5) is 0 Å². The summed E-state index contributed by atoms with van der Waals surface area (Å²) in [5, 5.41) is 30.0. The molecule has 0 aliphatic heterocycles. The van der Waals surface area contributed by atoms with E-state index in [-0.39, 0.29) is 5.56 Å². The Labute approximate surface area is 108 Å². The summed E-state index contributed by atoms with van der Waals surface area (Å²) >= 11 is 0. The first-order valence-corrected chi connectivity index (χ1v) is 5.85. The van der Waals surface area contributed by atoms with Gasteiger partial charge in [0.05, 0.1) is 5.92 Å². The Morgan fingerprint density at radius 1 is 1.21 bits per heavy atom. The lowest BCUT2D eigenvalue weighted by Crippen LogP contribution is -2.43. The Bertz CT molecular complexity index is 686. The SMILES string of the molecule is CC1=CC(=O)C2(O)C(=O)C1c1c(C)cc(O)c(O)c12. The Morgan fingerprint density at radius 2 is 1.84 bits per heavy atom. The highest BCUT2D eigenvalue weighted by Crippen LogP contribution is 2.55. The van der Waals surface area contributed by atoms with Gasteiger partial charge in [0.2, 0.25) is 5.60 Å². The van der Waals surface area contributed by atoms with Crippen molar-refractivity contribution in [3.8, 4) is 11.5 Å². The number of aliphatic hydroxyl groups is 1. The van der Waals surface area contributed by atoms with Crippen LogP contribution in [0.2, 0.25) is 0 Å². The highest BCUT2D eigenvalue weighted by atomic mass is 16.3. The quantitative estimate of drug-likeness (QED) is 0.473. The number of carbonyl (C=O) groups excluding carboxylic acids is 2. The fourth-order valence-corrected chi connectivity index (χ4v) is 3.08. The molecule has 5 nitrogen and oxygen atoms in total. The smallest absolute Gasteiger partial charge is 0.216 e. The van der Waals surface area contributed by atoms with Gasteiger partial charge in [0.25, 0.3) is 0 Å². The van der Waals surface area contributed by atoms with E-state index in [0.29, 0.717) is 16.7 Å². The van der Waals surface area contributed by atoms with Crippen molar-refractivity contribution >= 4 is 11.6 Å². The van der Waals surface area contributed by atoms with Gasteiger partial charge in [-0.05, 0) is 37.1 Å². The first kappa shape index (κ1) is 11.9. The van der Waals surface area contributed by atoms with E-state index in [4.69, 9.17) is 0 Å². The van der Waals surface area contributed by atoms with E-state index in [2.05, 4.69) is 0 Å². The molecule has 2 unspecified atom stereocenters. The summed E-state index contributed by atoms with van der Waals surface area (Å²) in [6.45, 7) is 3.30. The van der Waals surface area contributed by atoms with Gasteiger partial charge >= 0.3 is 0 Å². The zero-order valence-corrected chi connectivity index (χ0v) is 10.4. The van der Waals surface area contributed by atoms with E-state index in [0.717, 1.165) is 0 Å². The molecule has 2 bridgehead atoms. The minimum Gasteiger partial charge on any atom is -0.504 e. The van der Waals surface area contributed by atoms with Gasteiger partial charge in [-0.1, -0.05) is 5.57 Å². The normalized spacial score (nSPS) is 28.4. The number of rotatable bonds is 0. The molecule has 5 heteroatoms. The van der Waals surface area contributed by atoms with Crippen LogP contribution >= 0.6 is 0 Å². The second-order valence-corrected chi connectivity index (χ2v) is 5.11. The Kier molecular flexibility index (Phi) is 2.04. The predicted octanol–water partition coefficient (Wildman–Crippen LogP) is 0.789. The van der Waals surface area contributed by atoms with Gasteiger partial charge in [0.15, 0.2) is 23.1 Å². The fraction of sp³-hybridized carbons (Fsp3) is 0.286. The maximum Gasteiger partial charge on any atom is 0.216 e. The fourth-order valence-electron chi connectivity index (χ4n) is 3.08. The zero-order valence-electron chi connectivity index (χ0n) is 10.4. The summed E-state index contributed by atoms with van der Waals surface area (Å²) < 4.78 is 0. The highest BCUT2D eigenvalue weighted by molar-refractivity contribution is 6.24. The number of ketones is 2. The van der Waals surface area contributed by atoms with Crippen LogP contribution in [0.3, 0.4) is 0 Å². The molecular formula is C14H12O5. The van der Waals surface area contributed by atoms with Gasteiger partial charge in [-0.2, -0.15) is 0 Å². The van der Waals surface area contributed by atoms with Crippen LogP contribution in [0, 0.1) is 6.92 Å². The van der Waals surface area contributed by atoms with Crippen molar-refractivity contribution in [2.75, 3.05) is 0 Å². The molecule has 0 radical (unpaired) electrons. The van der Waals surface area contributed by atoms with E-state index in [1.54, 1.807) is 13.8 Å². The number of aromatic hydroxyl groups is 2. The van der Waals surface area contributed by atoms with Gasteiger partial charge in [0.1, 0.15) is 0 Å². The molecule has 0 aromatic heterocycles. The summed E-state index contributed by atoms with van der Waals surface area (Å²) in [7, 11) is 0. The third kappa shape index (κ3) is 1.13. The molecule has 0 spiro atoms. The molecule has 2 atom stereocenters. The van der Waals surface area contributed by atoms with Crippen LogP contribution in [0.5, 0.6) is 11.5 Å². The van der Waals surface area contributed by atoms with Crippen molar-refractivity contribution in [3.05, 3.63) is 34.4 Å². The summed E-state index contributed by atoms with van der Waals surface area (Å²) in [6.07, 6.45) is 1.22. The molecule has 2 aliphatic rings. The first-order chi connectivity index (χ1) is 8.80. The molecule has 0 fully saturated rings. The average molecular weight is 260 g/mol. The van der Waals surface area contributed by atoms with Crippen molar-refractivity contribution in [2.24, 2.45) is 0 Å². The molecule has 3 rings (SSSR count). The van der Waals surface area contributed by atoms with Crippen LogP contribution in [0.25, 0.3) is 0 Å². The van der Waals surface area contributed by atoms with Crippen molar-refractivity contribution < 1.29 is 24.9 Å². The maximum absolute atomic E-state index is 12.3.